The van der Waals surface area contributed by atoms with Gasteiger partial charge in [0.2, 0.25) is 5.88 Å². The van der Waals surface area contributed by atoms with Crippen molar-refractivity contribution in [2.75, 3.05) is 108 Å². The average Bonchev–Trinajstić information content (AvgIpc) is 3.29. The molecule has 4 heterocycles. The van der Waals surface area contributed by atoms with Gasteiger partial charge in [0.1, 0.15) is 25.9 Å². The second-order valence-electron chi connectivity index (χ2n) is 10.3. The Morgan fingerprint density at radius 1 is 0.932 bits per heavy atom. The fraction of sp³-hybridized carbons (Fsp3) is 0.655. The Balaban J connectivity index is 1.04. The molecule has 0 saturated carbocycles. The zero-order valence-corrected chi connectivity index (χ0v) is 26.3. The van der Waals surface area contributed by atoms with Gasteiger partial charge >= 0.3 is 11.8 Å². The molecule has 2 unspecified atom stereocenters. The molecule has 0 aromatic carbocycles. The van der Waals surface area contributed by atoms with Gasteiger partial charge in [0.25, 0.3) is 0 Å². The number of nitrogens with two attached hydrogens (primary N) is 1. The number of carbonyl (C=O) groups excluding carboxylic acids is 1. The molecule has 2 bridgehead atoms. The Morgan fingerprint density at radius 3 is 2.09 bits per heavy atom. The largest absolute Gasteiger partial charge is 0.475 e. The molecule has 2 aromatic heterocycles. The first-order valence-corrected chi connectivity index (χ1v) is 15.2. The maximum absolute atomic E-state index is 10.9. The highest BCUT2D eigenvalue weighted by atomic mass is 35.5. The van der Waals surface area contributed by atoms with Crippen LogP contribution in [0.25, 0.3) is 0 Å². The van der Waals surface area contributed by atoms with Gasteiger partial charge in [-0.25, -0.2) is 9.78 Å². The monoisotopic (exact) mass is 639 g/mol. The van der Waals surface area contributed by atoms with Gasteiger partial charge in [0.15, 0.2) is 5.15 Å². The van der Waals surface area contributed by atoms with Gasteiger partial charge in [-0.05, 0) is 18.9 Å². The van der Waals surface area contributed by atoms with E-state index in [1.54, 1.807) is 10.9 Å². The number of pyridine rings is 1. The molecule has 0 aliphatic carbocycles. The lowest BCUT2D eigenvalue weighted by Gasteiger charge is -2.43. The van der Waals surface area contributed by atoms with Crippen molar-refractivity contribution in [3.05, 3.63) is 29.5 Å². The molecule has 44 heavy (non-hydrogen) atoms. The number of ether oxygens (including phenoxy) is 7. The number of halogens is 1. The molecule has 0 spiro atoms. The van der Waals surface area contributed by atoms with Crippen LogP contribution in [0.4, 0.5) is 17.2 Å². The summed E-state index contributed by atoms with van der Waals surface area (Å²) in [5.74, 6) is 0.783. The van der Waals surface area contributed by atoms with E-state index in [-0.39, 0.29) is 6.61 Å². The average molecular weight is 640 g/mol. The van der Waals surface area contributed by atoms with Crippen LogP contribution in [0, 0.1) is 0 Å². The first kappa shape index (κ1) is 33.9. The topological polar surface area (TPSA) is 144 Å². The minimum atomic E-state index is -0.408. The highest BCUT2D eigenvalue weighted by molar-refractivity contribution is 6.29. The first-order chi connectivity index (χ1) is 21.5. The van der Waals surface area contributed by atoms with E-state index in [0.717, 1.165) is 37.3 Å². The lowest BCUT2D eigenvalue weighted by atomic mass is 10.1. The van der Waals surface area contributed by atoms with Gasteiger partial charge in [-0.2, -0.15) is 0 Å². The third-order valence-corrected chi connectivity index (χ3v) is 7.55. The predicted molar refractivity (Wildman–Crippen MR) is 162 cm³/mol. The number of aromatic nitrogens is 3. The molecule has 0 radical (unpaired) electrons. The highest BCUT2D eigenvalue weighted by Gasteiger charge is 2.41. The summed E-state index contributed by atoms with van der Waals surface area (Å²) in [6.45, 7) is 5.94. The van der Waals surface area contributed by atoms with Gasteiger partial charge in [-0.1, -0.05) is 16.7 Å². The molecule has 2 atom stereocenters. The standard InChI is InChI=1S/C29H43ClN6O8/c1-34-29(31)25(18-26(30)33-34)35-19-23-3-4-24(20-35)36(23)22-5-6-32-27(17-22)44-16-15-42-12-11-40-8-7-39-9-10-41-13-14-43-21-28(37)38-2/h5-6,17-18,23-24,31H,3-4,7-16,19-21H2,1-2H3/p+1. The van der Waals surface area contributed by atoms with Crippen LogP contribution in [0.5, 0.6) is 5.88 Å². The molecule has 15 heteroatoms. The SMILES string of the molecule is COC(=O)COCCOCCOCCOCCOCCOc1cc(N2C3CCC2CN(c2cc(Cl)n[n+](C)c2N)C3)ccn1. The molecular weight excluding hydrogens is 596 g/mol. The summed E-state index contributed by atoms with van der Waals surface area (Å²) in [5, 5.41) is 4.63. The van der Waals surface area contributed by atoms with E-state index in [0.29, 0.717) is 95.0 Å². The lowest BCUT2D eigenvalue weighted by Crippen LogP contribution is -2.55. The maximum Gasteiger partial charge on any atom is 0.331 e. The quantitative estimate of drug-likeness (QED) is 0.125. The number of methoxy groups -OCH3 is 1. The number of rotatable bonds is 20. The number of fused-ring (bicyclic) bond motifs is 2. The number of piperazine rings is 1. The van der Waals surface area contributed by atoms with Crippen molar-refractivity contribution in [3.8, 4) is 5.88 Å². The zero-order valence-electron chi connectivity index (χ0n) is 25.5. The van der Waals surface area contributed by atoms with E-state index in [9.17, 15) is 4.79 Å². The molecule has 2 aromatic rings. The van der Waals surface area contributed by atoms with Crippen molar-refractivity contribution in [1.82, 2.24) is 10.1 Å². The second kappa shape index (κ2) is 18.1. The number of nitrogen functional groups attached to an aromatic ring is 1. The summed E-state index contributed by atoms with van der Waals surface area (Å²) < 4.78 is 39.0. The van der Waals surface area contributed by atoms with Crippen LogP contribution >= 0.6 is 11.6 Å². The third kappa shape index (κ3) is 10.3. The van der Waals surface area contributed by atoms with Crippen molar-refractivity contribution < 1.29 is 42.6 Å². The predicted octanol–water partition coefficient (Wildman–Crippen LogP) is 1.03. The Morgan fingerprint density at radius 2 is 1.50 bits per heavy atom. The smallest absolute Gasteiger partial charge is 0.331 e. The summed E-state index contributed by atoms with van der Waals surface area (Å²) in [7, 11) is 3.13. The van der Waals surface area contributed by atoms with E-state index >= 15 is 0 Å². The summed E-state index contributed by atoms with van der Waals surface area (Å²) in [6, 6.07) is 6.61. The van der Waals surface area contributed by atoms with Crippen LogP contribution in [-0.4, -0.2) is 121 Å². The lowest BCUT2D eigenvalue weighted by molar-refractivity contribution is -0.716. The second-order valence-corrected chi connectivity index (χ2v) is 10.7. The van der Waals surface area contributed by atoms with Gasteiger partial charge in [0, 0.05) is 49.2 Å². The molecule has 2 aliphatic rings. The maximum atomic E-state index is 10.9. The van der Waals surface area contributed by atoms with Crippen LogP contribution in [-0.2, 0) is 40.3 Å². The minimum absolute atomic E-state index is 0.0728. The summed E-state index contributed by atoms with van der Waals surface area (Å²) in [6.07, 6.45) is 4.01. The molecule has 2 saturated heterocycles. The van der Waals surface area contributed by atoms with Gasteiger partial charge in [-0.3, -0.25) is 5.73 Å². The third-order valence-electron chi connectivity index (χ3n) is 7.37. The Hall–Kier alpha value is -3.01. The molecule has 2 aliphatic heterocycles. The Bertz CT molecular complexity index is 1170. The van der Waals surface area contributed by atoms with E-state index < -0.39 is 5.97 Å². The highest BCUT2D eigenvalue weighted by Crippen LogP contribution is 2.38. The molecule has 2 fully saturated rings. The molecule has 2 N–H and O–H groups in total. The fourth-order valence-electron chi connectivity index (χ4n) is 5.29. The number of esters is 1. The van der Waals surface area contributed by atoms with Crippen molar-refractivity contribution in [2.24, 2.45) is 7.05 Å². The van der Waals surface area contributed by atoms with Crippen molar-refractivity contribution in [3.63, 3.8) is 0 Å². The van der Waals surface area contributed by atoms with Crippen molar-refractivity contribution in [1.29, 1.82) is 0 Å². The molecule has 4 rings (SSSR count). The Labute approximate surface area is 263 Å². The van der Waals surface area contributed by atoms with E-state index in [2.05, 4.69) is 24.6 Å². The number of hydrogen-bond acceptors (Lipinski definition) is 13. The first-order valence-electron chi connectivity index (χ1n) is 14.9. The van der Waals surface area contributed by atoms with Crippen LogP contribution in [0.15, 0.2) is 24.4 Å². The number of aryl methyl sites for hydroxylation is 1. The van der Waals surface area contributed by atoms with E-state index in [4.69, 9.17) is 45.8 Å². The normalized spacial score (nSPS) is 17.7. The molecule has 244 valence electrons. The van der Waals surface area contributed by atoms with Gasteiger partial charge in [-0.15, -0.1) is 4.68 Å². The summed E-state index contributed by atoms with van der Waals surface area (Å²) >= 11 is 6.22. The minimum Gasteiger partial charge on any atom is -0.475 e. The Kier molecular flexibility index (Phi) is 13.9. The number of anilines is 3. The van der Waals surface area contributed by atoms with Gasteiger partial charge < -0.3 is 43.0 Å². The van der Waals surface area contributed by atoms with Crippen LogP contribution in [0.3, 0.4) is 0 Å². The summed E-state index contributed by atoms with van der Waals surface area (Å²) in [4.78, 5) is 20.1. The van der Waals surface area contributed by atoms with E-state index in [1.807, 2.05) is 25.2 Å². The van der Waals surface area contributed by atoms with Crippen LogP contribution in [0.2, 0.25) is 5.15 Å². The zero-order chi connectivity index (χ0) is 31.1. The van der Waals surface area contributed by atoms with Crippen molar-refractivity contribution >= 4 is 34.8 Å². The molecule has 0 amide bonds. The molecular formula is C29H44ClN6O8+. The van der Waals surface area contributed by atoms with Gasteiger partial charge in [0.05, 0.1) is 66.6 Å². The van der Waals surface area contributed by atoms with Crippen LogP contribution < -0.4 is 25.0 Å². The van der Waals surface area contributed by atoms with E-state index in [1.165, 1.54) is 7.11 Å². The number of carbonyl (C=O) groups is 1. The van der Waals surface area contributed by atoms with Crippen LogP contribution in [0.1, 0.15) is 12.8 Å². The van der Waals surface area contributed by atoms with Crippen molar-refractivity contribution in [2.45, 2.75) is 24.9 Å². The number of hydrogen-bond donors (Lipinski definition) is 1. The fourth-order valence-corrected chi connectivity index (χ4v) is 5.51. The molecule has 14 nitrogen and oxygen atoms in total. The number of nitrogens with zero attached hydrogens (tertiary/aromatic N) is 5. The summed E-state index contributed by atoms with van der Waals surface area (Å²) in [5.41, 5.74) is 8.37.